The van der Waals surface area contributed by atoms with Crippen LogP contribution in [0.4, 0.5) is 5.69 Å². The Balaban J connectivity index is 0.000000243. The largest absolute Gasteiger partial charge is 0.441 e. The molecule has 0 atom stereocenters. The fourth-order valence-electron chi connectivity index (χ4n) is 3.97. The molecule has 2 heterocycles. The van der Waals surface area contributed by atoms with Crippen molar-refractivity contribution < 1.29 is 24.6 Å². The highest BCUT2D eigenvalue weighted by Gasteiger charge is 2.19. The molecule has 0 spiro atoms. The Kier molecular flexibility index (Phi) is 18.5. The first-order valence-corrected chi connectivity index (χ1v) is 18.3. The molecule has 0 fully saturated rings. The van der Waals surface area contributed by atoms with Gasteiger partial charge < -0.3 is 21.0 Å². The van der Waals surface area contributed by atoms with Gasteiger partial charge in [0, 0.05) is 41.6 Å². The van der Waals surface area contributed by atoms with E-state index in [2.05, 4.69) is 99.3 Å². The highest BCUT2D eigenvalue weighted by molar-refractivity contribution is 9.11. The molecule has 0 radical (unpaired) electrons. The number of nitrogens with zero attached hydrogens (tertiary/aromatic N) is 5. The Labute approximate surface area is 339 Å². The van der Waals surface area contributed by atoms with Crippen LogP contribution in [-0.2, 0) is 16.7 Å². The monoisotopic (exact) mass is 977 g/mol. The number of aromatic nitrogens is 2. The standard InChI is InChI=1S/C10H9BrN2O2.C10H8BrNO2.C8H9BrN2O.C8H6BrN.H3NO/c1-6-3-4-7(5-8(6)11)9-12-15-10(14)13(9)2;1-6-2-3-7(4-8(6)11)9-5-10(13)14-12-9;1-5-2-3-6(4-7(5)9)8(10)11-12;1-6-3-4-7(10-2)5-8(6)9;1-2/h3-5H,1-2H3;2-4H,5H2,1H3;2-4,12H,1H3,(H2,10,11);3-5H,1H3;2H,1H2. The van der Waals surface area contributed by atoms with Crippen molar-refractivity contribution in [3.05, 3.63) is 146 Å². The Hall–Kier alpha value is -4.44. The maximum absolute atomic E-state index is 11.1. The van der Waals surface area contributed by atoms with Gasteiger partial charge in [-0.15, -0.1) is 0 Å². The molecule has 4 aromatic carbocycles. The molecule has 53 heavy (non-hydrogen) atoms. The zero-order chi connectivity index (χ0) is 39.8. The van der Waals surface area contributed by atoms with Crippen molar-refractivity contribution in [2.24, 2.45) is 29.0 Å². The van der Waals surface area contributed by atoms with Crippen LogP contribution in [0.3, 0.4) is 0 Å². The first-order valence-electron chi connectivity index (χ1n) is 15.1. The topological polar surface area (TPSA) is 196 Å². The second kappa shape index (κ2) is 21.9. The highest BCUT2D eigenvalue weighted by atomic mass is 79.9. The van der Waals surface area contributed by atoms with Crippen LogP contribution in [0, 0.1) is 34.3 Å². The summed E-state index contributed by atoms with van der Waals surface area (Å²) < 4.78 is 9.88. The van der Waals surface area contributed by atoms with Crippen molar-refractivity contribution in [3.63, 3.8) is 0 Å². The zero-order valence-corrected chi connectivity index (χ0v) is 35.4. The van der Waals surface area contributed by atoms with Crippen molar-refractivity contribution in [2.75, 3.05) is 0 Å². The maximum Gasteiger partial charge on any atom is 0.441 e. The van der Waals surface area contributed by atoms with E-state index in [4.69, 9.17) is 22.7 Å². The summed E-state index contributed by atoms with van der Waals surface area (Å²) >= 11 is 13.6. The Morgan fingerprint density at radius 2 is 1.30 bits per heavy atom. The number of rotatable bonds is 3. The maximum atomic E-state index is 11.1. The zero-order valence-electron chi connectivity index (χ0n) is 29.1. The highest BCUT2D eigenvalue weighted by Crippen LogP contribution is 2.24. The molecule has 0 unspecified atom stereocenters. The van der Waals surface area contributed by atoms with Crippen LogP contribution in [0.1, 0.15) is 39.8 Å². The molecule has 1 aliphatic heterocycles. The van der Waals surface area contributed by atoms with Gasteiger partial charge in [0.25, 0.3) is 0 Å². The van der Waals surface area contributed by atoms with Crippen molar-refractivity contribution in [1.29, 1.82) is 0 Å². The van der Waals surface area contributed by atoms with E-state index in [1.807, 2.05) is 94.4 Å². The first kappa shape index (κ1) is 44.7. The van der Waals surface area contributed by atoms with Crippen LogP contribution in [0.2, 0.25) is 0 Å². The van der Waals surface area contributed by atoms with Gasteiger partial charge in [-0.2, -0.15) is 0 Å². The Bertz CT molecular complexity index is 2210. The van der Waals surface area contributed by atoms with E-state index in [1.54, 1.807) is 13.1 Å². The van der Waals surface area contributed by atoms with E-state index in [0.717, 1.165) is 51.3 Å². The lowest BCUT2D eigenvalue weighted by molar-refractivity contribution is -0.140. The van der Waals surface area contributed by atoms with Crippen molar-refractivity contribution in [2.45, 2.75) is 34.1 Å². The molecule has 0 saturated heterocycles. The number of halogens is 4. The smallest absolute Gasteiger partial charge is 0.409 e. The van der Waals surface area contributed by atoms with Crippen molar-refractivity contribution >= 4 is 86.9 Å². The van der Waals surface area contributed by atoms with Gasteiger partial charge in [-0.25, -0.2) is 20.3 Å². The summed E-state index contributed by atoms with van der Waals surface area (Å²) in [6, 6.07) is 22.7. The molecular weight excluding hydrogens is 946 g/mol. The molecule has 0 aliphatic carbocycles. The minimum Gasteiger partial charge on any atom is -0.409 e. The molecule has 5 aromatic rings. The number of nitrogens with two attached hydrogens (primary N) is 2. The normalized spacial score (nSPS) is 11.5. The molecule has 1 aliphatic rings. The molecule has 17 heteroatoms. The second-order valence-electron chi connectivity index (χ2n) is 10.9. The third-order valence-corrected chi connectivity index (χ3v) is 10.6. The number of oxime groups is 2. The van der Waals surface area contributed by atoms with Crippen LogP contribution in [0.15, 0.2) is 110 Å². The predicted octanol–water partition coefficient (Wildman–Crippen LogP) is 9.01. The number of amidine groups is 1. The van der Waals surface area contributed by atoms with Crippen LogP contribution < -0.4 is 17.4 Å². The number of benzene rings is 4. The Morgan fingerprint density at radius 3 is 1.74 bits per heavy atom. The van der Waals surface area contributed by atoms with Gasteiger partial charge >= 0.3 is 11.7 Å². The SMILES string of the molecule is Cc1ccc(-c2noc(=O)n2C)cc1Br.Cc1ccc(C(N)=NO)cc1Br.Cc1ccc(C2=NOC(=O)C2)cc1Br.NO.[C-]#[N+]c1ccc(C)c(Br)c1. The Morgan fingerprint density at radius 1 is 0.811 bits per heavy atom. The number of aryl methyl sites for hydroxylation is 4. The first-order chi connectivity index (χ1) is 25.1. The molecule has 278 valence electrons. The van der Waals surface area contributed by atoms with Gasteiger partial charge in [-0.05, 0) is 74.2 Å². The summed E-state index contributed by atoms with van der Waals surface area (Å²) in [6.45, 7) is 14.7. The average Bonchev–Trinajstić information content (AvgIpc) is 3.74. The fourth-order valence-corrected chi connectivity index (χ4v) is 5.47. The minimum atomic E-state index is -0.457. The lowest BCUT2D eigenvalue weighted by Gasteiger charge is -2.01. The van der Waals surface area contributed by atoms with Crippen LogP contribution in [-0.4, -0.2) is 37.7 Å². The van der Waals surface area contributed by atoms with E-state index in [0.29, 0.717) is 22.8 Å². The molecule has 0 amide bonds. The van der Waals surface area contributed by atoms with Crippen LogP contribution in [0.25, 0.3) is 16.2 Å². The number of carbonyl (C=O) groups excluding carboxylic acids is 1. The lowest BCUT2D eigenvalue weighted by Crippen LogP contribution is -2.12. The van der Waals surface area contributed by atoms with Gasteiger partial charge in [0.2, 0.25) is 0 Å². The van der Waals surface area contributed by atoms with Gasteiger partial charge in [0.1, 0.15) is 0 Å². The number of hydrogen-bond donors (Lipinski definition) is 4. The van der Waals surface area contributed by atoms with E-state index >= 15 is 0 Å². The van der Waals surface area contributed by atoms with Gasteiger partial charge in [0.05, 0.1) is 18.7 Å². The molecule has 1 aromatic heterocycles. The minimum absolute atomic E-state index is 0.121. The third kappa shape index (κ3) is 13.5. The molecule has 0 bridgehead atoms. The van der Waals surface area contributed by atoms with Crippen molar-refractivity contribution in [3.8, 4) is 11.4 Å². The summed E-state index contributed by atoms with van der Waals surface area (Å²) in [4.78, 5) is 29.7. The average molecular weight is 981 g/mol. The summed E-state index contributed by atoms with van der Waals surface area (Å²) in [5, 5.41) is 25.2. The van der Waals surface area contributed by atoms with Crippen LogP contribution in [0.5, 0.6) is 0 Å². The summed E-state index contributed by atoms with van der Waals surface area (Å²) in [5.41, 5.74) is 13.8. The van der Waals surface area contributed by atoms with E-state index in [1.165, 1.54) is 4.57 Å². The van der Waals surface area contributed by atoms with Gasteiger partial charge in [-0.1, -0.05) is 128 Å². The predicted molar refractivity (Wildman–Crippen MR) is 218 cm³/mol. The third-order valence-electron chi connectivity index (χ3n) is 7.17. The quantitative estimate of drug-likeness (QED) is 0.0341. The molecule has 6 rings (SSSR count). The van der Waals surface area contributed by atoms with Gasteiger partial charge in [0.15, 0.2) is 17.3 Å². The molecule has 0 saturated carbocycles. The number of hydrogen-bond acceptors (Lipinski definition) is 10. The second-order valence-corrected chi connectivity index (χ2v) is 14.3. The van der Waals surface area contributed by atoms with Gasteiger partial charge in [-0.3, -0.25) is 9.09 Å². The summed E-state index contributed by atoms with van der Waals surface area (Å²) in [5.74, 6) is 3.40. The fraction of sp³-hybridized carbons (Fsp3) is 0.167. The molecule has 13 nitrogen and oxygen atoms in total. The lowest BCUT2D eigenvalue weighted by atomic mass is 10.1. The summed E-state index contributed by atoms with van der Waals surface area (Å²) in [6.07, 6.45) is 0.259. The van der Waals surface area contributed by atoms with Crippen molar-refractivity contribution in [1.82, 2.24) is 9.72 Å². The molecule has 6 N–H and O–H groups in total. The van der Waals surface area contributed by atoms with Crippen LogP contribution >= 0.6 is 63.7 Å². The van der Waals surface area contributed by atoms with E-state index < -0.39 is 5.76 Å². The number of carbonyl (C=O) groups is 1. The van der Waals surface area contributed by atoms with E-state index in [-0.39, 0.29) is 18.2 Å². The van der Waals surface area contributed by atoms with E-state index in [9.17, 15) is 9.59 Å². The molecular formula is C36H35Br4N7O6. The summed E-state index contributed by atoms with van der Waals surface area (Å²) in [7, 11) is 1.63.